The maximum atomic E-state index is 3.47. The summed E-state index contributed by atoms with van der Waals surface area (Å²) in [6.45, 7) is 5.59. The molecule has 0 saturated carbocycles. The topological polar surface area (TPSA) is 3.24 Å². The molecule has 0 saturated heterocycles. The van der Waals surface area contributed by atoms with Gasteiger partial charge >= 0.3 is 0 Å². The van der Waals surface area contributed by atoms with Crippen LogP contribution in [-0.4, -0.2) is 18.5 Å². The second-order valence-corrected chi connectivity index (χ2v) is 4.12. The Morgan fingerprint density at radius 3 is 2.33 bits per heavy atom. The second-order valence-electron chi connectivity index (χ2n) is 3.31. The van der Waals surface area contributed by atoms with Crippen molar-refractivity contribution >= 4 is 15.9 Å². The first kappa shape index (κ1) is 7.13. The molecule has 52 valence electrons. The van der Waals surface area contributed by atoms with Crippen molar-refractivity contribution < 1.29 is 0 Å². The fourth-order valence-electron chi connectivity index (χ4n) is 1.17. The van der Waals surface area contributed by atoms with E-state index in [-0.39, 0.29) is 0 Å². The third kappa shape index (κ3) is 1.48. The van der Waals surface area contributed by atoms with Crippen LogP contribution in [0, 0.1) is 5.41 Å². The SMILES string of the molecule is CN1CC(C)(C)C=C1Br. The molecule has 1 heterocycles. The van der Waals surface area contributed by atoms with E-state index >= 15 is 0 Å². The summed E-state index contributed by atoms with van der Waals surface area (Å²) in [5.41, 5.74) is 0.355. The van der Waals surface area contributed by atoms with E-state index < -0.39 is 0 Å². The van der Waals surface area contributed by atoms with Crippen LogP contribution in [0.25, 0.3) is 0 Å². The van der Waals surface area contributed by atoms with E-state index in [2.05, 4.69) is 47.8 Å². The smallest absolute Gasteiger partial charge is 0.0769 e. The lowest BCUT2D eigenvalue weighted by molar-refractivity contribution is 0.360. The molecule has 0 aromatic carbocycles. The number of hydrogen-bond acceptors (Lipinski definition) is 1. The molecule has 0 bridgehead atoms. The lowest BCUT2D eigenvalue weighted by Crippen LogP contribution is -2.19. The molecule has 0 fully saturated rings. The first-order valence-corrected chi connectivity index (χ1v) is 3.90. The van der Waals surface area contributed by atoms with E-state index in [0.29, 0.717) is 5.41 Å². The third-order valence-electron chi connectivity index (χ3n) is 1.52. The van der Waals surface area contributed by atoms with Crippen LogP contribution in [0.1, 0.15) is 13.8 Å². The highest BCUT2D eigenvalue weighted by Gasteiger charge is 2.24. The molecule has 0 aliphatic carbocycles. The summed E-state index contributed by atoms with van der Waals surface area (Å²) in [5.74, 6) is 0. The van der Waals surface area contributed by atoms with Gasteiger partial charge in [0.05, 0.1) is 4.61 Å². The van der Waals surface area contributed by atoms with Gasteiger partial charge in [0.2, 0.25) is 0 Å². The first-order valence-electron chi connectivity index (χ1n) is 3.11. The third-order valence-corrected chi connectivity index (χ3v) is 2.35. The standard InChI is InChI=1S/C7H12BrN/c1-7(2)4-6(8)9(3)5-7/h4H,5H2,1-3H3. The van der Waals surface area contributed by atoms with Crippen LogP contribution in [0.4, 0.5) is 0 Å². The Bertz CT molecular complexity index is 149. The van der Waals surface area contributed by atoms with Crippen LogP contribution in [0.5, 0.6) is 0 Å². The van der Waals surface area contributed by atoms with Crippen LogP contribution in [0.2, 0.25) is 0 Å². The van der Waals surface area contributed by atoms with Crippen molar-refractivity contribution in [3.05, 3.63) is 10.7 Å². The minimum atomic E-state index is 0.355. The van der Waals surface area contributed by atoms with Crippen LogP contribution in [-0.2, 0) is 0 Å². The lowest BCUT2D eigenvalue weighted by atomic mass is 9.96. The summed E-state index contributed by atoms with van der Waals surface area (Å²) >= 11 is 3.47. The van der Waals surface area contributed by atoms with Gasteiger partial charge in [-0.3, -0.25) is 0 Å². The van der Waals surface area contributed by atoms with E-state index in [9.17, 15) is 0 Å². The predicted molar refractivity (Wildman–Crippen MR) is 43.4 cm³/mol. The molecule has 0 radical (unpaired) electrons. The summed E-state index contributed by atoms with van der Waals surface area (Å²) in [5, 5.41) is 0. The van der Waals surface area contributed by atoms with Crippen molar-refractivity contribution in [2.45, 2.75) is 13.8 Å². The van der Waals surface area contributed by atoms with Crippen LogP contribution in [0.15, 0.2) is 10.7 Å². The Balaban J connectivity index is 2.74. The van der Waals surface area contributed by atoms with Gasteiger partial charge in [-0.05, 0) is 22.0 Å². The predicted octanol–water partition coefficient (Wildman–Crippen LogP) is 2.19. The average molecular weight is 190 g/mol. The molecular weight excluding hydrogens is 178 g/mol. The van der Waals surface area contributed by atoms with Crippen molar-refractivity contribution in [3.63, 3.8) is 0 Å². The van der Waals surface area contributed by atoms with Crippen molar-refractivity contribution in [1.82, 2.24) is 4.90 Å². The van der Waals surface area contributed by atoms with Gasteiger partial charge in [0, 0.05) is 19.0 Å². The number of nitrogens with zero attached hydrogens (tertiary/aromatic N) is 1. The highest BCUT2D eigenvalue weighted by atomic mass is 79.9. The van der Waals surface area contributed by atoms with E-state index in [1.54, 1.807) is 0 Å². The molecule has 1 aliphatic rings. The summed E-state index contributed by atoms with van der Waals surface area (Å²) < 4.78 is 1.22. The van der Waals surface area contributed by atoms with E-state index in [1.807, 2.05) is 0 Å². The lowest BCUT2D eigenvalue weighted by Gasteiger charge is -2.17. The van der Waals surface area contributed by atoms with Gasteiger partial charge in [-0.1, -0.05) is 13.8 Å². The minimum Gasteiger partial charge on any atom is -0.368 e. The van der Waals surface area contributed by atoms with Crippen molar-refractivity contribution in [2.24, 2.45) is 5.41 Å². The van der Waals surface area contributed by atoms with Gasteiger partial charge in [0.15, 0.2) is 0 Å². The Labute approximate surface area is 64.9 Å². The Morgan fingerprint density at radius 2 is 2.22 bits per heavy atom. The van der Waals surface area contributed by atoms with Crippen LogP contribution in [0.3, 0.4) is 0 Å². The molecule has 0 spiro atoms. The van der Waals surface area contributed by atoms with Gasteiger partial charge in [0.25, 0.3) is 0 Å². The summed E-state index contributed by atoms with van der Waals surface area (Å²) in [4.78, 5) is 2.21. The summed E-state index contributed by atoms with van der Waals surface area (Å²) in [6, 6.07) is 0. The Morgan fingerprint density at radius 1 is 1.67 bits per heavy atom. The van der Waals surface area contributed by atoms with Gasteiger partial charge in [0.1, 0.15) is 0 Å². The molecule has 0 atom stereocenters. The zero-order valence-corrected chi connectivity index (χ0v) is 7.70. The highest BCUT2D eigenvalue weighted by molar-refractivity contribution is 9.11. The monoisotopic (exact) mass is 189 g/mol. The second kappa shape index (κ2) is 2.01. The van der Waals surface area contributed by atoms with E-state index in [1.165, 1.54) is 4.61 Å². The number of rotatable bonds is 0. The fraction of sp³-hybridized carbons (Fsp3) is 0.714. The Hall–Kier alpha value is 0.0200. The first-order chi connectivity index (χ1) is 4.01. The molecule has 0 N–H and O–H groups in total. The molecule has 0 unspecified atom stereocenters. The summed E-state index contributed by atoms with van der Waals surface area (Å²) in [6.07, 6.45) is 2.24. The number of hydrogen-bond donors (Lipinski definition) is 0. The molecule has 0 aromatic heterocycles. The highest BCUT2D eigenvalue weighted by Crippen LogP contribution is 2.31. The van der Waals surface area contributed by atoms with Crippen molar-refractivity contribution in [3.8, 4) is 0 Å². The molecule has 2 heteroatoms. The van der Waals surface area contributed by atoms with Crippen molar-refractivity contribution in [2.75, 3.05) is 13.6 Å². The molecule has 0 aromatic rings. The quantitative estimate of drug-likeness (QED) is 0.529. The van der Waals surface area contributed by atoms with Gasteiger partial charge in [-0.25, -0.2) is 0 Å². The molecule has 0 amide bonds. The zero-order chi connectivity index (χ0) is 7.07. The Kier molecular flexibility index (Phi) is 1.59. The fourth-order valence-corrected chi connectivity index (χ4v) is 1.91. The largest absolute Gasteiger partial charge is 0.368 e. The maximum Gasteiger partial charge on any atom is 0.0769 e. The number of halogens is 1. The van der Waals surface area contributed by atoms with E-state index in [4.69, 9.17) is 0 Å². The van der Waals surface area contributed by atoms with Gasteiger partial charge in [-0.15, -0.1) is 0 Å². The summed E-state index contributed by atoms with van der Waals surface area (Å²) in [7, 11) is 2.09. The normalized spacial score (nSPS) is 24.4. The van der Waals surface area contributed by atoms with Crippen molar-refractivity contribution in [1.29, 1.82) is 0 Å². The average Bonchev–Trinajstić information content (AvgIpc) is 1.79. The van der Waals surface area contributed by atoms with Crippen LogP contribution < -0.4 is 0 Å². The maximum absolute atomic E-state index is 3.47. The molecule has 1 aliphatic heterocycles. The van der Waals surface area contributed by atoms with Gasteiger partial charge in [-0.2, -0.15) is 0 Å². The van der Waals surface area contributed by atoms with Gasteiger partial charge < -0.3 is 4.90 Å². The molecular formula is C7H12BrN. The molecule has 1 rings (SSSR count). The molecule has 9 heavy (non-hydrogen) atoms. The molecule has 1 nitrogen and oxygen atoms in total. The van der Waals surface area contributed by atoms with Crippen LogP contribution >= 0.6 is 15.9 Å². The minimum absolute atomic E-state index is 0.355. The van der Waals surface area contributed by atoms with E-state index in [0.717, 1.165) is 6.54 Å². The zero-order valence-electron chi connectivity index (χ0n) is 6.11.